The number of thioether (sulfide) groups is 1. The van der Waals surface area contributed by atoms with E-state index in [0.29, 0.717) is 33.7 Å². The monoisotopic (exact) mass is 481 g/mol. The highest BCUT2D eigenvalue weighted by Crippen LogP contribution is 2.34. The van der Waals surface area contributed by atoms with Crippen molar-refractivity contribution in [1.82, 2.24) is 20.1 Å². The molecule has 9 nitrogen and oxygen atoms in total. The maximum atomic E-state index is 12.8. The Balaban J connectivity index is 1.43. The average Bonchev–Trinajstić information content (AvgIpc) is 3.44. The van der Waals surface area contributed by atoms with Crippen molar-refractivity contribution in [1.29, 1.82) is 0 Å². The maximum absolute atomic E-state index is 12.8. The minimum Gasteiger partial charge on any atom is -0.454 e. The van der Waals surface area contributed by atoms with E-state index in [4.69, 9.17) is 9.47 Å². The zero-order valence-electron chi connectivity index (χ0n) is 19.4. The van der Waals surface area contributed by atoms with E-state index < -0.39 is 5.25 Å². The number of ether oxygens (including phenoxy) is 2. The standard InChI is InChI=1S/C24H27N5O4S/c1-14(2)20(26-23(31)16-8-6-5-7-9-16)21-27-28-24(29(21)4)34-15(3)22(30)25-17-10-11-18-19(12-17)33-13-32-18/h5-12,14-15,20H,13H2,1-4H3,(H,25,30)(H,26,31). The summed E-state index contributed by atoms with van der Waals surface area (Å²) in [4.78, 5) is 25.5. The lowest BCUT2D eigenvalue weighted by Crippen LogP contribution is -2.33. The molecule has 0 saturated carbocycles. The summed E-state index contributed by atoms with van der Waals surface area (Å²) < 4.78 is 12.5. The van der Waals surface area contributed by atoms with Gasteiger partial charge in [0.2, 0.25) is 12.7 Å². The number of carbonyl (C=O) groups is 2. The van der Waals surface area contributed by atoms with E-state index in [1.165, 1.54) is 11.8 Å². The van der Waals surface area contributed by atoms with Crippen LogP contribution in [0.1, 0.15) is 43.0 Å². The Morgan fingerprint density at radius 1 is 1.03 bits per heavy atom. The van der Waals surface area contributed by atoms with Gasteiger partial charge in [-0.25, -0.2) is 0 Å². The van der Waals surface area contributed by atoms with Gasteiger partial charge in [-0.1, -0.05) is 43.8 Å². The van der Waals surface area contributed by atoms with E-state index in [1.807, 2.05) is 43.7 Å². The van der Waals surface area contributed by atoms with Crippen molar-refractivity contribution in [2.45, 2.75) is 37.2 Å². The lowest BCUT2D eigenvalue weighted by atomic mass is 10.0. The largest absolute Gasteiger partial charge is 0.454 e. The molecule has 1 aliphatic rings. The minimum atomic E-state index is -0.433. The summed E-state index contributed by atoms with van der Waals surface area (Å²) in [6.07, 6.45) is 0. The predicted molar refractivity (Wildman–Crippen MR) is 129 cm³/mol. The SMILES string of the molecule is CC(Sc1nnc(C(NC(=O)c2ccccc2)C(C)C)n1C)C(=O)Nc1ccc2c(c1)OCO2. The molecule has 0 fully saturated rings. The van der Waals surface area contributed by atoms with Crippen molar-refractivity contribution in [2.75, 3.05) is 12.1 Å². The Morgan fingerprint density at radius 2 is 1.76 bits per heavy atom. The summed E-state index contributed by atoms with van der Waals surface area (Å²) >= 11 is 1.30. The van der Waals surface area contributed by atoms with Crippen molar-refractivity contribution in [3.05, 3.63) is 59.9 Å². The van der Waals surface area contributed by atoms with Crippen molar-refractivity contribution >= 4 is 29.3 Å². The Bertz CT molecular complexity index is 1180. The number of benzene rings is 2. The number of amides is 2. The van der Waals surface area contributed by atoms with Crippen LogP contribution in [0.5, 0.6) is 11.5 Å². The molecule has 1 aliphatic heterocycles. The fourth-order valence-electron chi connectivity index (χ4n) is 3.47. The molecule has 10 heteroatoms. The van der Waals surface area contributed by atoms with Crippen molar-refractivity contribution in [2.24, 2.45) is 13.0 Å². The molecule has 2 unspecified atom stereocenters. The molecule has 2 heterocycles. The molecule has 0 bridgehead atoms. The highest BCUT2D eigenvalue weighted by molar-refractivity contribution is 8.00. The second-order valence-electron chi connectivity index (χ2n) is 8.28. The summed E-state index contributed by atoms with van der Waals surface area (Å²) in [7, 11) is 1.84. The zero-order chi connectivity index (χ0) is 24.2. The van der Waals surface area contributed by atoms with Crippen LogP contribution in [0.25, 0.3) is 0 Å². The maximum Gasteiger partial charge on any atom is 0.251 e. The van der Waals surface area contributed by atoms with Crippen LogP contribution >= 0.6 is 11.8 Å². The molecule has 2 atom stereocenters. The van der Waals surface area contributed by atoms with Gasteiger partial charge in [0.1, 0.15) is 0 Å². The van der Waals surface area contributed by atoms with Gasteiger partial charge in [-0.05, 0) is 37.1 Å². The first kappa shape index (κ1) is 23.6. The van der Waals surface area contributed by atoms with Gasteiger partial charge in [-0.3, -0.25) is 9.59 Å². The number of carbonyl (C=O) groups excluding carboxylic acids is 2. The van der Waals surface area contributed by atoms with Crippen LogP contribution in [0.3, 0.4) is 0 Å². The van der Waals surface area contributed by atoms with Crippen LogP contribution in [0.4, 0.5) is 5.69 Å². The molecule has 1 aromatic heterocycles. The van der Waals surface area contributed by atoms with Gasteiger partial charge in [0.25, 0.3) is 5.91 Å². The number of hydrogen-bond donors (Lipinski definition) is 2. The van der Waals surface area contributed by atoms with Gasteiger partial charge in [-0.2, -0.15) is 0 Å². The molecular formula is C24H27N5O4S. The molecule has 2 aromatic carbocycles. The van der Waals surface area contributed by atoms with Crippen LogP contribution in [0, 0.1) is 5.92 Å². The van der Waals surface area contributed by atoms with E-state index in [-0.39, 0.29) is 30.6 Å². The molecule has 0 aliphatic carbocycles. The smallest absolute Gasteiger partial charge is 0.251 e. The van der Waals surface area contributed by atoms with Crippen LogP contribution in [-0.4, -0.2) is 38.6 Å². The quantitative estimate of drug-likeness (QED) is 0.471. The minimum absolute atomic E-state index is 0.0835. The molecule has 0 saturated heterocycles. The van der Waals surface area contributed by atoms with Crippen LogP contribution in [-0.2, 0) is 11.8 Å². The van der Waals surface area contributed by atoms with Gasteiger partial charge in [0.05, 0.1) is 11.3 Å². The van der Waals surface area contributed by atoms with Gasteiger partial charge >= 0.3 is 0 Å². The third-order valence-corrected chi connectivity index (χ3v) is 6.56. The number of hydrogen-bond acceptors (Lipinski definition) is 7. The Morgan fingerprint density at radius 3 is 2.50 bits per heavy atom. The molecule has 4 rings (SSSR count). The highest BCUT2D eigenvalue weighted by atomic mass is 32.2. The van der Waals surface area contributed by atoms with Crippen LogP contribution < -0.4 is 20.1 Å². The summed E-state index contributed by atoms with van der Waals surface area (Å²) in [6, 6.07) is 14.0. The van der Waals surface area contributed by atoms with Crippen LogP contribution in [0.2, 0.25) is 0 Å². The summed E-state index contributed by atoms with van der Waals surface area (Å²) in [5.74, 6) is 1.63. The summed E-state index contributed by atoms with van der Waals surface area (Å²) in [5, 5.41) is 14.7. The molecule has 2 amide bonds. The Labute approximate surface area is 202 Å². The average molecular weight is 482 g/mol. The number of anilines is 1. The molecule has 178 valence electrons. The summed E-state index contributed by atoms with van der Waals surface area (Å²) in [6.45, 7) is 6.01. The molecule has 34 heavy (non-hydrogen) atoms. The third kappa shape index (κ3) is 5.17. The number of aromatic nitrogens is 3. The van der Waals surface area contributed by atoms with Gasteiger partial charge in [0, 0.05) is 24.4 Å². The van der Waals surface area contributed by atoms with Crippen molar-refractivity contribution in [3.63, 3.8) is 0 Å². The first-order valence-electron chi connectivity index (χ1n) is 11.0. The predicted octanol–water partition coefficient (Wildman–Crippen LogP) is 3.79. The Hall–Kier alpha value is -3.53. The molecule has 0 spiro atoms. The molecular weight excluding hydrogens is 454 g/mol. The topological polar surface area (TPSA) is 107 Å². The van der Waals surface area contributed by atoms with Crippen LogP contribution in [0.15, 0.2) is 53.7 Å². The third-order valence-electron chi connectivity index (χ3n) is 5.43. The fraction of sp³-hybridized carbons (Fsp3) is 0.333. The molecule has 3 aromatic rings. The van der Waals surface area contributed by atoms with E-state index in [9.17, 15) is 9.59 Å². The second kappa shape index (κ2) is 10.2. The van der Waals surface area contributed by atoms with Gasteiger partial charge in [-0.15, -0.1) is 10.2 Å². The van der Waals surface area contributed by atoms with Gasteiger partial charge in [0.15, 0.2) is 22.5 Å². The number of nitrogens with one attached hydrogen (secondary N) is 2. The second-order valence-corrected chi connectivity index (χ2v) is 9.59. The fourth-order valence-corrected chi connectivity index (χ4v) is 4.29. The lowest BCUT2D eigenvalue weighted by molar-refractivity contribution is -0.115. The number of rotatable bonds is 8. The lowest BCUT2D eigenvalue weighted by Gasteiger charge is -2.22. The van der Waals surface area contributed by atoms with E-state index in [1.54, 1.807) is 37.3 Å². The normalized spacial score (nSPS) is 14.0. The molecule has 0 radical (unpaired) electrons. The van der Waals surface area contributed by atoms with E-state index >= 15 is 0 Å². The highest BCUT2D eigenvalue weighted by Gasteiger charge is 2.27. The van der Waals surface area contributed by atoms with E-state index in [2.05, 4.69) is 20.8 Å². The Kier molecular flexibility index (Phi) is 7.06. The number of nitrogens with zero attached hydrogens (tertiary/aromatic N) is 3. The molecule has 2 N–H and O–H groups in total. The van der Waals surface area contributed by atoms with Gasteiger partial charge < -0.3 is 24.7 Å². The number of fused-ring (bicyclic) bond motifs is 1. The first-order valence-corrected chi connectivity index (χ1v) is 11.8. The van der Waals surface area contributed by atoms with E-state index in [0.717, 1.165) is 0 Å². The van der Waals surface area contributed by atoms with Crippen molar-refractivity contribution < 1.29 is 19.1 Å². The summed E-state index contributed by atoms with van der Waals surface area (Å²) in [5.41, 5.74) is 1.21. The van der Waals surface area contributed by atoms with Crippen molar-refractivity contribution in [3.8, 4) is 11.5 Å². The zero-order valence-corrected chi connectivity index (χ0v) is 20.3. The first-order chi connectivity index (χ1) is 16.3.